The van der Waals surface area contributed by atoms with Gasteiger partial charge in [-0.25, -0.2) is 0 Å². The van der Waals surface area contributed by atoms with Crippen LogP contribution in [0, 0.1) is 0 Å². The number of rotatable bonds is 3. The summed E-state index contributed by atoms with van der Waals surface area (Å²) in [5.41, 5.74) is 0. The van der Waals surface area contributed by atoms with Gasteiger partial charge in [-0.15, -0.1) is 0 Å². The summed E-state index contributed by atoms with van der Waals surface area (Å²) in [6.07, 6.45) is 0. The molecule has 0 saturated carbocycles. The molecule has 9 heavy (non-hydrogen) atoms. The number of hydrogen-bond acceptors (Lipinski definition) is 3. The van der Waals surface area contributed by atoms with Gasteiger partial charge in [0, 0.05) is 0 Å². The third kappa shape index (κ3) is 4.44. The van der Waals surface area contributed by atoms with Crippen LogP contribution in [0.3, 0.4) is 0 Å². The van der Waals surface area contributed by atoms with Gasteiger partial charge in [-0.2, -0.15) is 13.6 Å². The van der Waals surface area contributed by atoms with Crippen LogP contribution in [0.5, 0.6) is 0 Å². The smallest absolute Gasteiger partial charge is 0.407 e. The molecule has 0 aromatic rings. The first-order chi connectivity index (χ1) is 3.68. The monoisotopic (exact) mass is 266 g/mol. The van der Waals surface area contributed by atoms with Gasteiger partial charge in [-0.3, -0.25) is 0 Å². The normalized spacial score (nSPS) is 10.7. The second kappa shape index (κ2) is 5.80. The number of hydrogen-bond donors (Lipinski definition) is 0. The zero-order valence-electron chi connectivity index (χ0n) is 6.05. The molecule has 0 heterocycles. The molecule has 0 unspecified atom stereocenters. The van der Waals surface area contributed by atoms with Crippen molar-refractivity contribution >= 4 is 7.94 Å². The van der Waals surface area contributed by atoms with E-state index in [4.69, 9.17) is 13.6 Å². The van der Waals surface area contributed by atoms with Crippen molar-refractivity contribution in [3.05, 3.63) is 0 Å². The predicted octanol–water partition coefficient (Wildman–Crippen LogP) is -1.68. The first-order valence-electron chi connectivity index (χ1n) is 2.22. The van der Waals surface area contributed by atoms with Crippen molar-refractivity contribution in [3.63, 3.8) is 0 Å². The van der Waals surface area contributed by atoms with Crippen molar-refractivity contribution in [3.8, 4) is 0 Å². The van der Waals surface area contributed by atoms with Gasteiger partial charge in [0.05, 0.1) is 21.3 Å². The van der Waals surface area contributed by atoms with Gasteiger partial charge in [0.25, 0.3) is 0 Å². The fourth-order valence-corrected chi connectivity index (χ4v) is 0.671. The van der Waals surface area contributed by atoms with Crippen molar-refractivity contribution < 1.29 is 37.5 Å². The van der Waals surface area contributed by atoms with Gasteiger partial charge in [-0.1, -0.05) is 0 Å². The van der Waals surface area contributed by atoms with Crippen LogP contribution in [0.1, 0.15) is 0 Å². The van der Waals surface area contributed by atoms with E-state index < -0.39 is 7.94 Å². The van der Waals surface area contributed by atoms with E-state index in [-0.39, 0.29) is 24.0 Å². The van der Waals surface area contributed by atoms with E-state index in [0.717, 1.165) is 0 Å². The van der Waals surface area contributed by atoms with E-state index in [2.05, 4.69) is 0 Å². The van der Waals surface area contributed by atoms with Gasteiger partial charge in [0.15, 0.2) is 0 Å². The SMILES string of the molecule is CO[P+](C)(OC)OC.[I-]. The van der Waals surface area contributed by atoms with Crippen LogP contribution in [0.4, 0.5) is 0 Å². The standard InChI is InChI=1S/C4H12O3P.HI/c1-5-8(4,6-2)7-3;/h1-4H3;1H/q+1;/p-1. The van der Waals surface area contributed by atoms with E-state index in [1.807, 2.05) is 0 Å². The average Bonchev–Trinajstić information content (AvgIpc) is 1.87. The molecule has 0 rings (SSSR count). The summed E-state index contributed by atoms with van der Waals surface area (Å²) in [7, 11) is 2.80. The molecule has 0 radical (unpaired) electrons. The van der Waals surface area contributed by atoms with Gasteiger partial charge in [0.2, 0.25) is 0 Å². The Morgan fingerprint density at radius 1 is 0.889 bits per heavy atom. The molecule has 0 aliphatic heterocycles. The van der Waals surface area contributed by atoms with E-state index >= 15 is 0 Å². The second-order valence-corrected chi connectivity index (χ2v) is 3.96. The van der Waals surface area contributed by atoms with Gasteiger partial charge < -0.3 is 24.0 Å². The Balaban J connectivity index is 0. The van der Waals surface area contributed by atoms with Crippen LogP contribution < -0.4 is 24.0 Å². The molecular weight excluding hydrogens is 254 g/mol. The third-order valence-electron chi connectivity index (χ3n) is 0.995. The fraction of sp³-hybridized carbons (Fsp3) is 1.00. The van der Waals surface area contributed by atoms with Gasteiger partial charge >= 0.3 is 7.94 Å². The topological polar surface area (TPSA) is 27.7 Å². The van der Waals surface area contributed by atoms with Crippen molar-refractivity contribution in [1.29, 1.82) is 0 Å². The molecular formula is C4H12IO3P. The molecule has 3 nitrogen and oxygen atoms in total. The molecule has 0 amide bonds. The lowest BCUT2D eigenvalue weighted by atomic mass is 11.8. The molecule has 5 heteroatoms. The summed E-state index contributed by atoms with van der Waals surface area (Å²) in [6, 6.07) is 0. The quantitative estimate of drug-likeness (QED) is 0.451. The summed E-state index contributed by atoms with van der Waals surface area (Å²) >= 11 is 0. The minimum atomic E-state index is -1.91. The third-order valence-corrected chi connectivity index (χ3v) is 2.98. The highest BCUT2D eigenvalue weighted by molar-refractivity contribution is 7.60. The van der Waals surface area contributed by atoms with E-state index in [0.29, 0.717) is 0 Å². The summed E-state index contributed by atoms with van der Waals surface area (Å²) in [6.45, 7) is 1.80. The van der Waals surface area contributed by atoms with Crippen molar-refractivity contribution in [2.75, 3.05) is 28.0 Å². The summed E-state index contributed by atoms with van der Waals surface area (Å²) in [5.74, 6) is 0. The van der Waals surface area contributed by atoms with Crippen LogP contribution in [-0.2, 0) is 13.6 Å². The average molecular weight is 266 g/mol. The fourth-order valence-electron chi connectivity index (χ4n) is 0.224. The maximum absolute atomic E-state index is 4.90. The molecule has 0 N–H and O–H groups in total. The minimum Gasteiger partial charge on any atom is -1.00 e. The van der Waals surface area contributed by atoms with Gasteiger partial charge in [0.1, 0.15) is 6.66 Å². The lowest BCUT2D eigenvalue weighted by Crippen LogP contribution is -3.00. The van der Waals surface area contributed by atoms with Crippen molar-refractivity contribution in [1.82, 2.24) is 0 Å². The molecule has 58 valence electrons. The summed E-state index contributed by atoms with van der Waals surface area (Å²) in [4.78, 5) is 0. The molecule has 0 bridgehead atoms. The van der Waals surface area contributed by atoms with Gasteiger partial charge in [-0.05, 0) is 0 Å². The first-order valence-corrected chi connectivity index (χ1v) is 4.21. The molecule has 0 spiro atoms. The maximum atomic E-state index is 4.90. The molecule has 0 aromatic heterocycles. The molecule has 0 aliphatic carbocycles. The zero-order chi connectivity index (χ0) is 6.62. The Hall–Kier alpha value is 1.04. The van der Waals surface area contributed by atoms with E-state index in [9.17, 15) is 0 Å². The zero-order valence-corrected chi connectivity index (χ0v) is 9.10. The van der Waals surface area contributed by atoms with Crippen LogP contribution in [0.15, 0.2) is 0 Å². The Morgan fingerprint density at radius 2 is 1.11 bits per heavy atom. The molecule has 0 fully saturated rings. The number of halogens is 1. The second-order valence-electron chi connectivity index (χ2n) is 1.32. The van der Waals surface area contributed by atoms with Crippen LogP contribution in [0.2, 0.25) is 0 Å². The van der Waals surface area contributed by atoms with Crippen molar-refractivity contribution in [2.45, 2.75) is 0 Å². The summed E-state index contributed by atoms with van der Waals surface area (Å²) < 4.78 is 14.7. The predicted molar refractivity (Wildman–Crippen MR) is 33.9 cm³/mol. The van der Waals surface area contributed by atoms with E-state index in [1.54, 1.807) is 28.0 Å². The van der Waals surface area contributed by atoms with E-state index in [1.165, 1.54) is 0 Å². The summed E-state index contributed by atoms with van der Waals surface area (Å²) in [5, 5.41) is 0. The highest BCUT2D eigenvalue weighted by Crippen LogP contribution is 2.56. The van der Waals surface area contributed by atoms with Crippen LogP contribution >= 0.6 is 7.94 Å². The largest absolute Gasteiger partial charge is 1.00 e. The molecule has 0 saturated heterocycles. The highest BCUT2D eigenvalue weighted by atomic mass is 127. The first kappa shape index (κ1) is 12.7. The van der Waals surface area contributed by atoms with Crippen LogP contribution in [-0.4, -0.2) is 28.0 Å². The molecule has 0 aliphatic rings. The Labute approximate surface area is 73.7 Å². The maximum Gasteiger partial charge on any atom is 0.407 e. The Kier molecular flexibility index (Phi) is 8.18. The minimum absolute atomic E-state index is 0. The lowest BCUT2D eigenvalue weighted by Gasteiger charge is -2.10. The Morgan fingerprint density at radius 3 is 1.11 bits per heavy atom. The Bertz CT molecular complexity index is 58.6. The molecule has 0 aromatic carbocycles. The van der Waals surface area contributed by atoms with Crippen LogP contribution in [0.25, 0.3) is 0 Å². The highest BCUT2D eigenvalue weighted by Gasteiger charge is 2.33. The van der Waals surface area contributed by atoms with Crippen molar-refractivity contribution in [2.24, 2.45) is 0 Å². The molecule has 0 atom stereocenters. The lowest BCUT2D eigenvalue weighted by molar-refractivity contribution is -0.00000480.